The van der Waals surface area contributed by atoms with Gasteiger partial charge in [-0.1, -0.05) is 28.1 Å². The van der Waals surface area contributed by atoms with E-state index < -0.39 is 0 Å². The Morgan fingerprint density at radius 3 is 2.85 bits per heavy atom. The number of aromatic amines is 1. The Balaban J connectivity index is 1.97. The monoisotopic (exact) mass is 429 g/mol. The van der Waals surface area contributed by atoms with Crippen molar-refractivity contribution in [3.63, 3.8) is 0 Å². The van der Waals surface area contributed by atoms with Crippen molar-refractivity contribution in [3.05, 3.63) is 69.4 Å². The molecule has 4 aromatic rings. The third-order valence-electron chi connectivity index (χ3n) is 4.42. The Labute approximate surface area is 162 Å². The number of rotatable bonds is 5. The number of aryl methyl sites for hydroxylation is 1. The molecule has 0 aliphatic rings. The number of nitrogens with zero attached hydrogens (tertiary/aromatic N) is 3. The molecule has 0 spiro atoms. The highest BCUT2D eigenvalue weighted by Crippen LogP contribution is 2.29. The molecular weight excluding hydrogens is 413 g/mol. The SMILES string of the molecule is NCCCn1cc(-n2c(-c3cccc(Br)c3)n[nH]c2=O)c2cc(F)ccc21. The minimum absolute atomic E-state index is 0.360. The number of H-pyrrole nitrogens is 1. The lowest BCUT2D eigenvalue weighted by molar-refractivity contribution is 0.629. The van der Waals surface area contributed by atoms with Crippen molar-refractivity contribution < 1.29 is 4.39 Å². The van der Waals surface area contributed by atoms with Gasteiger partial charge in [0.05, 0.1) is 11.2 Å². The van der Waals surface area contributed by atoms with Crippen molar-refractivity contribution in [2.45, 2.75) is 13.0 Å². The second-order valence-corrected chi connectivity index (χ2v) is 7.13. The number of fused-ring (bicyclic) bond motifs is 1. The van der Waals surface area contributed by atoms with Gasteiger partial charge in [0.25, 0.3) is 0 Å². The van der Waals surface area contributed by atoms with Crippen LogP contribution >= 0.6 is 15.9 Å². The number of hydrogen-bond donors (Lipinski definition) is 2. The number of hydrogen-bond acceptors (Lipinski definition) is 3. The number of nitrogens with two attached hydrogens (primary N) is 1. The van der Waals surface area contributed by atoms with Gasteiger partial charge in [0, 0.05) is 28.2 Å². The molecule has 4 rings (SSSR count). The zero-order chi connectivity index (χ0) is 19.0. The summed E-state index contributed by atoms with van der Waals surface area (Å²) >= 11 is 3.44. The van der Waals surface area contributed by atoms with Crippen LogP contribution in [0.4, 0.5) is 4.39 Å². The summed E-state index contributed by atoms with van der Waals surface area (Å²) in [6.07, 6.45) is 2.62. The lowest BCUT2D eigenvalue weighted by Crippen LogP contribution is -2.15. The lowest BCUT2D eigenvalue weighted by Gasteiger charge is -2.05. The summed E-state index contributed by atoms with van der Waals surface area (Å²) in [5.74, 6) is 0.101. The van der Waals surface area contributed by atoms with Crippen LogP contribution in [0.3, 0.4) is 0 Å². The molecule has 2 heterocycles. The maximum Gasteiger partial charge on any atom is 0.348 e. The van der Waals surface area contributed by atoms with Gasteiger partial charge in [0.1, 0.15) is 5.82 Å². The standard InChI is InChI=1S/C19H17BrFN5O/c20-13-4-1-3-12(9-13)18-23-24-19(27)26(18)17-11-25(8-2-7-22)16-6-5-14(21)10-15(16)17/h1,3-6,9-11H,2,7-8,22H2,(H,24,27). The molecule has 0 bridgehead atoms. The zero-order valence-corrected chi connectivity index (χ0v) is 15.9. The van der Waals surface area contributed by atoms with Gasteiger partial charge in [-0.2, -0.15) is 5.10 Å². The first-order valence-corrected chi connectivity index (χ1v) is 9.30. The predicted octanol–water partition coefficient (Wildman–Crippen LogP) is 3.43. The summed E-state index contributed by atoms with van der Waals surface area (Å²) in [5, 5.41) is 7.34. The normalized spacial score (nSPS) is 11.4. The summed E-state index contributed by atoms with van der Waals surface area (Å²) in [7, 11) is 0. The second-order valence-electron chi connectivity index (χ2n) is 6.21. The van der Waals surface area contributed by atoms with Crippen LogP contribution in [0.15, 0.2) is 57.9 Å². The van der Waals surface area contributed by atoms with Crippen molar-refractivity contribution >= 4 is 26.8 Å². The van der Waals surface area contributed by atoms with Crippen molar-refractivity contribution in [1.29, 1.82) is 0 Å². The molecule has 0 radical (unpaired) electrons. The highest BCUT2D eigenvalue weighted by Gasteiger charge is 2.18. The van der Waals surface area contributed by atoms with Crippen molar-refractivity contribution in [3.8, 4) is 17.1 Å². The van der Waals surface area contributed by atoms with E-state index in [0.29, 0.717) is 30.0 Å². The van der Waals surface area contributed by atoms with E-state index in [2.05, 4.69) is 26.1 Å². The molecule has 6 nitrogen and oxygen atoms in total. The molecule has 0 aliphatic carbocycles. The third kappa shape index (κ3) is 3.22. The zero-order valence-electron chi connectivity index (χ0n) is 14.3. The maximum atomic E-state index is 14.0. The molecule has 3 N–H and O–H groups in total. The minimum Gasteiger partial charge on any atom is -0.345 e. The van der Waals surface area contributed by atoms with E-state index in [1.165, 1.54) is 16.7 Å². The Bertz CT molecular complexity index is 1180. The molecule has 2 aromatic heterocycles. The molecule has 0 amide bonds. The Hall–Kier alpha value is -2.71. The van der Waals surface area contributed by atoms with Crippen LogP contribution in [0.2, 0.25) is 0 Å². The molecular formula is C19H17BrFN5O. The van der Waals surface area contributed by atoms with Crippen molar-refractivity contribution in [2.24, 2.45) is 5.73 Å². The summed E-state index contributed by atoms with van der Waals surface area (Å²) in [5.41, 5.74) is 7.44. The van der Waals surface area contributed by atoms with Gasteiger partial charge in [-0.25, -0.2) is 18.9 Å². The third-order valence-corrected chi connectivity index (χ3v) is 4.91. The molecule has 0 atom stereocenters. The molecule has 0 saturated heterocycles. The average Bonchev–Trinajstić information content (AvgIpc) is 3.20. The molecule has 0 fully saturated rings. The molecule has 138 valence electrons. The van der Waals surface area contributed by atoms with Crippen LogP contribution in [0.1, 0.15) is 6.42 Å². The van der Waals surface area contributed by atoms with Gasteiger partial charge in [-0.05, 0) is 43.3 Å². The van der Waals surface area contributed by atoms with Gasteiger partial charge < -0.3 is 10.3 Å². The fourth-order valence-electron chi connectivity index (χ4n) is 3.22. The number of halogens is 2. The fourth-order valence-corrected chi connectivity index (χ4v) is 3.62. The Kier molecular flexibility index (Phi) is 4.67. The summed E-state index contributed by atoms with van der Waals surface area (Å²) in [6, 6.07) is 12.1. The van der Waals surface area contributed by atoms with Gasteiger partial charge in [0.15, 0.2) is 5.82 Å². The first kappa shape index (κ1) is 17.7. The maximum absolute atomic E-state index is 14.0. The van der Waals surface area contributed by atoms with Crippen molar-refractivity contribution in [1.82, 2.24) is 19.3 Å². The lowest BCUT2D eigenvalue weighted by atomic mass is 10.2. The molecule has 2 aromatic carbocycles. The van der Waals surface area contributed by atoms with Crippen LogP contribution in [0.5, 0.6) is 0 Å². The molecule has 27 heavy (non-hydrogen) atoms. The van der Waals surface area contributed by atoms with Crippen LogP contribution < -0.4 is 11.4 Å². The minimum atomic E-state index is -0.382. The van der Waals surface area contributed by atoms with E-state index in [9.17, 15) is 9.18 Å². The van der Waals surface area contributed by atoms with E-state index in [4.69, 9.17) is 5.73 Å². The smallest absolute Gasteiger partial charge is 0.345 e. The molecule has 8 heteroatoms. The first-order chi connectivity index (χ1) is 13.1. The number of aromatic nitrogens is 4. The largest absolute Gasteiger partial charge is 0.348 e. The van der Waals surface area contributed by atoms with E-state index in [-0.39, 0.29) is 11.5 Å². The van der Waals surface area contributed by atoms with Crippen LogP contribution in [0.25, 0.3) is 28.0 Å². The van der Waals surface area contributed by atoms with Crippen molar-refractivity contribution in [2.75, 3.05) is 6.54 Å². The highest BCUT2D eigenvalue weighted by atomic mass is 79.9. The van der Waals surface area contributed by atoms with E-state index in [1.54, 1.807) is 6.07 Å². The van der Waals surface area contributed by atoms with Gasteiger partial charge >= 0.3 is 5.69 Å². The second kappa shape index (κ2) is 7.13. The summed E-state index contributed by atoms with van der Waals surface area (Å²) in [4.78, 5) is 12.6. The van der Waals surface area contributed by atoms with E-state index in [0.717, 1.165) is 22.0 Å². The van der Waals surface area contributed by atoms with Crippen LogP contribution in [-0.2, 0) is 6.54 Å². The predicted molar refractivity (Wildman–Crippen MR) is 106 cm³/mol. The topological polar surface area (TPSA) is 81.6 Å². The van der Waals surface area contributed by atoms with Gasteiger partial charge in [-0.15, -0.1) is 0 Å². The van der Waals surface area contributed by atoms with Crippen LogP contribution in [0, 0.1) is 5.82 Å². The van der Waals surface area contributed by atoms with Gasteiger partial charge in [-0.3, -0.25) is 0 Å². The number of nitrogens with one attached hydrogen (secondary N) is 1. The first-order valence-electron chi connectivity index (χ1n) is 8.50. The Morgan fingerprint density at radius 1 is 1.22 bits per heavy atom. The van der Waals surface area contributed by atoms with E-state index in [1.807, 2.05) is 35.0 Å². The summed E-state index contributed by atoms with van der Waals surface area (Å²) < 4.78 is 18.3. The Morgan fingerprint density at radius 2 is 2.07 bits per heavy atom. The molecule has 0 unspecified atom stereocenters. The average molecular weight is 430 g/mol. The fraction of sp³-hybridized carbons (Fsp3) is 0.158. The number of benzene rings is 2. The van der Waals surface area contributed by atoms with Gasteiger partial charge in [0.2, 0.25) is 0 Å². The van der Waals surface area contributed by atoms with E-state index >= 15 is 0 Å². The molecule has 0 aliphatic heterocycles. The molecule has 0 saturated carbocycles. The summed E-state index contributed by atoms with van der Waals surface area (Å²) in [6.45, 7) is 1.22. The highest BCUT2D eigenvalue weighted by molar-refractivity contribution is 9.10. The quantitative estimate of drug-likeness (QED) is 0.509. The van der Waals surface area contributed by atoms with Crippen LogP contribution in [-0.4, -0.2) is 25.9 Å².